The van der Waals surface area contributed by atoms with Crippen molar-refractivity contribution in [3.63, 3.8) is 0 Å². The van der Waals surface area contributed by atoms with Gasteiger partial charge in [0.25, 0.3) is 0 Å². The second-order valence-corrected chi connectivity index (χ2v) is 5.06. The Bertz CT molecular complexity index is 373. The van der Waals surface area contributed by atoms with Crippen LogP contribution in [-0.4, -0.2) is 47.8 Å². The Labute approximate surface area is 119 Å². The molecule has 0 aromatic rings. The summed E-state index contributed by atoms with van der Waals surface area (Å²) in [6.45, 7) is 2.42. The van der Waals surface area contributed by atoms with Gasteiger partial charge in [-0.25, -0.2) is 0 Å². The Morgan fingerprint density at radius 2 is 2.10 bits per heavy atom. The summed E-state index contributed by atoms with van der Waals surface area (Å²) < 4.78 is 0. The first-order valence-corrected chi connectivity index (χ1v) is 7.10. The summed E-state index contributed by atoms with van der Waals surface area (Å²) in [6, 6.07) is -1.20. The molecule has 1 heterocycles. The highest BCUT2D eigenvalue weighted by atomic mass is 16.2. The van der Waals surface area contributed by atoms with Crippen molar-refractivity contribution in [3.05, 3.63) is 0 Å². The Balaban J connectivity index is 2.63. The van der Waals surface area contributed by atoms with E-state index in [0.29, 0.717) is 19.4 Å². The number of amides is 3. The standard InChI is InChI=1S/C13H24N4O3/c1-2-3-5-9(12(15)19)16-13(20)10-6-4-7-17(10)11(18)8-14/h9-10H,2-8,14H2,1H3,(H2,15,19)(H,16,20)/t9-,10-/m0/s1. The molecule has 114 valence electrons. The molecule has 2 atom stereocenters. The summed E-state index contributed by atoms with van der Waals surface area (Å²) in [5, 5.41) is 2.65. The maximum absolute atomic E-state index is 12.2. The fraction of sp³-hybridized carbons (Fsp3) is 0.769. The topological polar surface area (TPSA) is 119 Å². The molecule has 0 aromatic carbocycles. The first kappa shape index (κ1) is 16.4. The Morgan fingerprint density at radius 1 is 1.40 bits per heavy atom. The minimum Gasteiger partial charge on any atom is -0.368 e. The smallest absolute Gasteiger partial charge is 0.243 e. The zero-order chi connectivity index (χ0) is 15.1. The molecule has 0 spiro atoms. The molecule has 3 amide bonds. The average Bonchev–Trinajstić information content (AvgIpc) is 2.91. The number of primary amides is 1. The zero-order valence-corrected chi connectivity index (χ0v) is 11.9. The maximum atomic E-state index is 12.2. The van der Waals surface area contributed by atoms with Gasteiger partial charge in [-0.15, -0.1) is 0 Å². The highest BCUT2D eigenvalue weighted by molar-refractivity contribution is 5.92. The molecule has 1 saturated heterocycles. The summed E-state index contributed by atoms with van der Waals surface area (Å²) >= 11 is 0. The lowest BCUT2D eigenvalue weighted by Crippen LogP contribution is -2.53. The number of rotatable bonds is 7. The van der Waals surface area contributed by atoms with Crippen LogP contribution in [0.2, 0.25) is 0 Å². The monoisotopic (exact) mass is 284 g/mol. The van der Waals surface area contributed by atoms with Gasteiger partial charge in [-0.1, -0.05) is 19.8 Å². The van der Waals surface area contributed by atoms with Gasteiger partial charge in [0.1, 0.15) is 12.1 Å². The molecule has 0 bridgehead atoms. The van der Waals surface area contributed by atoms with Gasteiger partial charge in [-0.3, -0.25) is 14.4 Å². The first-order chi connectivity index (χ1) is 9.51. The molecule has 1 rings (SSSR count). The van der Waals surface area contributed by atoms with Crippen LogP contribution in [-0.2, 0) is 14.4 Å². The van der Waals surface area contributed by atoms with E-state index in [9.17, 15) is 14.4 Å². The van der Waals surface area contributed by atoms with Gasteiger partial charge in [0, 0.05) is 6.54 Å². The molecule has 7 heteroatoms. The normalized spacial score (nSPS) is 19.7. The fourth-order valence-corrected chi connectivity index (χ4v) is 2.42. The third-order valence-corrected chi connectivity index (χ3v) is 3.56. The summed E-state index contributed by atoms with van der Waals surface area (Å²) in [6.07, 6.45) is 3.61. The summed E-state index contributed by atoms with van der Waals surface area (Å²) in [5.41, 5.74) is 10.6. The van der Waals surface area contributed by atoms with Gasteiger partial charge >= 0.3 is 0 Å². The molecular formula is C13H24N4O3. The molecule has 1 aliphatic heterocycles. The lowest BCUT2D eigenvalue weighted by Gasteiger charge is -2.25. The number of likely N-dealkylation sites (tertiary alicyclic amines) is 1. The number of nitrogens with zero attached hydrogens (tertiary/aromatic N) is 1. The number of carbonyl (C=O) groups excluding carboxylic acids is 3. The van der Waals surface area contributed by atoms with E-state index in [1.54, 1.807) is 0 Å². The van der Waals surface area contributed by atoms with Crippen LogP contribution in [0.5, 0.6) is 0 Å². The summed E-state index contributed by atoms with van der Waals surface area (Å²) in [7, 11) is 0. The van der Waals surface area contributed by atoms with E-state index < -0.39 is 18.0 Å². The van der Waals surface area contributed by atoms with Crippen LogP contribution in [0.25, 0.3) is 0 Å². The molecule has 0 radical (unpaired) electrons. The minimum absolute atomic E-state index is 0.112. The van der Waals surface area contributed by atoms with Gasteiger partial charge < -0.3 is 21.7 Å². The van der Waals surface area contributed by atoms with Crippen LogP contribution in [0.15, 0.2) is 0 Å². The Morgan fingerprint density at radius 3 is 2.65 bits per heavy atom. The molecule has 1 fully saturated rings. The molecule has 0 unspecified atom stereocenters. The average molecular weight is 284 g/mol. The molecule has 0 aromatic heterocycles. The second kappa shape index (κ2) is 7.84. The number of hydrogen-bond acceptors (Lipinski definition) is 4. The van der Waals surface area contributed by atoms with E-state index in [-0.39, 0.29) is 18.4 Å². The van der Waals surface area contributed by atoms with Gasteiger partial charge in [-0.05, 0) is 19.3 Å². The quantitative estimate of drug-likeness (QED) is 0.561. The highest BCUT2D eigenvalue weighted by Gasteiger charge is 2.34. The number of hydrogen-bond donors (Lipinski definition) is 3. The molecule has 5 N–H and O–H groups in total. The molecule has 1 aliphatic rings. The van der Waals surface area contributed by atoms with Crippen molar-refractivity contribution >= 4 is 17.7 Å². The van der Waals surface area contributed by atoms with Crippen molar-refractivity contribution in [3.8, 4) is 0 Å². The molecule has 7 nitrogen and oxygen atoms in total. The van der Waals surface area contributed by atoms with Crippen LogP contribution in [0.1, 0.15) is 39.0 Å². The minimum atomic E-state index is -0.669. The van der Waals surface area contributed by atoms with Crippen LogP contribution >= 0.6 is 0 Å². The third-order valence-electron chi connectivity index (χ3n) is 3.56. The predicted octanol–water partition coefficient (Wildman–Crippen LogP) is -0.904. The van der Waals surface area contributed by atoms with Crippen LogP contribution < -0.4 is 16.8 Å². The van der Waals surface area contributed by atoms with Crippen molar-refractivity contribution in [1.82, 2.24) is 10.2 Å². The summed E-state index contributed by atoms with van der Waals surface area (Å²) in [4.78, 5) is 36.7. The van der Waals surface area contributed by atoms with Crippen molar-refractivity contribution in [2.45, 2.75) is 51.1 Å². The fourth-order valence-electron chi connectivity index (χ4n) is 2.42. The zero-order valence-electron chi connectivity index (χ0n) is 11.9. The SMILES string of the molecule is CCCC[C@H](NC(=O)[C@@H]1CCCN1C(=O)CN)C(N)=O. The molecule has 20 heavy (non-hydrogen) atoms. The Hall–Kier alpha value is -1.63. The molecular weight excluding hydrogens is 260 g/mol. The largest absolute Gasteiger partial charge is 0.368 e. The highest BCUT2D eigenvalue weighted by Crippen LogP contribution is 2.17. The molecule has 0 saturated carbocycles. The predicted molar refractivity (Wildman–Crippen MR) is 74.4 cm³/mol. The van der Waals surface area contributed by atoms with E-state index in [1.165, 1.54) is 4.90 Å². The molecule has 0 aliphatic carbocycles. The maximum Gasteiger partial charge on any atom is 0.243 e. The van der Waals surface area contributed by atoms with Gasteiger partial charge in [0.15, 0.2) is 0 Å². The van der Waals surface area contributed by atoms with Gasteiger partial charge in [0.2, 0.25) is 17.7 Å². The van der Waals surface area contributed by atoms with Crippen LogP contribution in [0, 0.1) is 0 Å². The van der Waals surface area contributed by atoms with Gasteiger partial charge in [0.05, 0.1) is 6.54 Å². The second-order valence-electron chi connectivity index (χ2n) is 5.06. The van der Waals surface area contributed by atoms with Crippen molar-refractivity contribution < 1.29 is 14.4 Å². The van der Waals surface area contributed by atoms with Crippen molar-refractivity contribution in [2.75, 3.05) is 13.1 Å². The van der Waals surface area contributed by atoms with Crippen LogP contribution in [0.3, 0.4) is 0 Å². The number of nitrogens with one attached hydrogen (secondary N) is 1. The van der Waals surface area contributed by atoms with Crippen LogP contribution in [0.4, 0.5) is 0 Å². The van der Waals surface area contributed by atoms with E-state index >= 15 is 0 Å². The first-order valence-electron chi connectivity index (χ1n) is 7.10. The van der Waals surface area contributed by atoms with E-state index in [0.717, 1.165) is 19.3 Å². The Kier molecular flexibility index (Phi) is 6.44. The number of carbonyl (C=O) groups is 3. The van der Waals surface area contributed by atoms with Crippen molar-refractivity contribution in [2.24, 2.45) is 11.5 Å². The summed E-state index contributed by atoms with van der Waals surface area (Å²) in [5.74, 6) is -1.10. The van der Waals surface area contributed by atoms with Gasteiger partial charge in [-0.2, -0.15) is 0 Å². The van der Waals surface area contributed by atoms with E-state index in [1.807, 2.05) is 6.92 Å². The van der Waals surface area contributed by atoms with E-state index in [4.69, 9.17) is 11.5 Å². The lowest BCUT2D eigenvalue weighted by molar-refractivity contribution is -0.138. The van der Waals surface area contributed by atoms with Crippen molar-refractivity contribution in [1.29, 1.82) is 0 Å². The number of nitrogens with two attached hydrogens (primary N) is 2. The number of unbranched alkanes of at least 4 members (excludes halogenated alkanes) is 1. The third kappa shape index (κ3) is 4.19. The lowest BCUT2D eigenvalue weighted by atomic mass is 10.1. The van der Waals surface area contributed by atoms with E-state index in [2.05, 4.69) is 5.32 Å².